The van der Waals surface area contributed by atoms with Crippen LogP contribution >= 0.6 is 0 Å². The third-order valence-corrected chi connectivity index (χ3v) is 5.36. The van der Waals surface area contributed by atoms with Crippen molar-refractivity contribution in [2.45, 2.75) is 19.8 Å². The molecule has 2 N–H and O–H groups in total. The van der Waals surface area contributed by atoms with Gasteiger partial charge in [0, 0.05) is 5.39 Å². The molecule has 2 aromatic carbocycles. The van der Waals surface area contributed by atoms with E-state index in [9.17, 15) is 4.79 Å². The minimum Gasteiger partial charge on any atom is -0.288 e. The summed E-state index contributed by atoms with van der Waals surface area (Å²) >= 11 is 0. The van der Waals surface area contributed by atoms with Gasteiger partial charge in [-0.05, 0) is 52.8 Å². The average molecular weight is 396 g/mol. The Bertz CT molecular complexity index is 1250. The Kier molecular flexibility index (Phi) is 4.55. The van der Waals surface area contributed by atoms with Crippen LogP contribution in [0.5, 0.6) is 0 Å². The van der Waals surface area contributed by atoms with E-state index in [1.807, 2.05) is 42.5 Å². The molecular weight excluding hydrogens is 376 g/mol. The van der Waals surface area contributed by atoms with Crippen LogP contribution in [-0.2, 0) is 6.42 Å². The number of nitrogens with one attached hydrogen (secondary N) is 2. The lowest BCUT2D eigenvalue weighted by molar-refractivity contribution is 0.102. The topological polar surface area (TPSA) is 96.5 Å². The van der Waals surface area contributed by atoms with Crippen LogP contribution in [0.15, 0.2) is 54.6 Å². The lowest BCUT2D eigenvalue weighted by atomic mass is 9.80. The largest absolute Gasteiger partial charge is 0.288 e. The molecule has 148 valence electrons. The summed E-state index contributed by atoms with van der Waals surface area (Å²) in [4.78, 5) is 18.3. The van der Waals surface area contributed by atoms with Crippen molar-refractivity contribution >= 4 is 34.4 Å². The van der Waals surface area contributed by atoms with Crippen LogP contribution in [0.3, 0.4) is 0 Å². The van der Waals surface area contributed by atoms with Gasteiger partial charge in [-0.15, -0.1) is 5.10 Å². The monoisotopic (exact) mass is 396 g/mol. The first-order chi connectivity index (χ1) is 14.7. The number of aromatic amines is 1. The Labute approximate surface area is 173 Å². The fourth-order valence-electron chi connectivity index (χ4n) is 4.12. The van der Waals surface area contributed by atoms with Crippen LogP contribution in [0.25, 0.3) is 22.6 Å². The number of hydrogen-bond acceptors (Lipinski definition) is 5. The van der Waals surface area contributed by atoms with Gasteiger partial charge in [-0.2, -0.15) is 5.21 Å². The first-order valence-electron chi connectivity index (χ1n) is 9.91. The summed E-state index contributed by atoms with van der Waals surface area (Å²) < 4.78 is 0. The van der Waals surface area contributed by atoms with E-state index >= 15 is 0 Å². The van der Waals surface area contributed by atoms with Crippen molar-refractivity contribution in [1.82, 2.24) is 25.6 Å². The molecule has 1 unspecified atom stereocenters. The van der Waals surface area contributed by atoms with Crippen molar-refractivity contribution in [2.75, 3.05) is 5.32 Å². The second-order valence-electron chi connectivity index (χ2n) is 7.61. The molecule has 7 nitrogen and oxygen atoms in total. The number of amides is 1. The van der Waals surface area contributed by atoms with Gasteiger partial charge in [-0.1, -0.05) is 60.6 Å². The van der Waals surface area contributed by atoms with E-state index in [2.05, 4.69) is 51.1 Å². The number of nitrogens with zero attached hydrogens (tertiary/aromatic N) is 4. The fraction of sp³-hybridized carbons (Fsp3) is 0.174. The lowest BCUT2D eigenvalue weighted by Crippen LogP contribution is -2.21. The molecule has 2 aromatic heterocycles. The van der Waals surface area contributed by atoms with Gasteiger partial charge in [0.15, 0.2) is 0 Å². The molecule has 7 heteroatoms. The quantitative estimate of drug-likeness (QED) is 0.543. The molecule has 30 heavy (non-hydrogen) atoms. The molecule has 0 bridgehead atoms. The van der Waals surface area contributed by atoms with Crippen molar-refractivity contribution in [1.29, 1.82) is 0 Å². The van der Waals surface area contributed by atoms with Crippen LogP contribution in [0.2, 0.25) is 0 Å². The predicted octanol–water partition coefficient (Wildman–Crippen LogP) is 4.12. The van der Waals surface area contributed by atoms with Crippen LogP contribution in [0, 0.1) is 5.92 Å². The van der Waals surface area contributed by atoms with E-state index in [1.165, 1.54) is 0 Å². The molecule has 1 amide bonds. The molecule has 0 spiro atoms. The second kappa shape index (κ2) is 7.51. The number of aromatic nitrogens is 5. The standard InChI is InChI=1S/C23H20N6O/c1-14-11-16(13-15-7-3-2-4-8-15)21-18(12-14)20(17-9-5-6-10-19(17)24-21)22(30)25-23-26-28-29-27-23/h2-10,13-14H,11-12H2,1H3,(H2,25,26,27,28,29,30)/b16-13-. The molecule has 1 aliphatic rings. The van der Waals surface area contributed by atoms with Gasteiger partial charge < -0.3 is 0 Å². The number of hydrogen-bond donors (Lipinski definition) is 2. The molecule has 0 radical (unpaired) electrons. The highest BCUT2D eigenvalue weighted by Gasteiger charge is 2.28. The number of para-hydroxylation sites is 1. The van der Waals surface area contributed by atoms with Crippen molar-refractivity contribution in [3.63, 3.8) is 0 Å². The molecule has 0 saturated carbocycles. The highest BCUT2D eigenvalue weighted by atomic mass is 16.1. The molecule has 1 atom stereocenters. The SMILES string of the molecule is CC1C/C(=C/c2ccccc2)c2nc3ccccc3c(C(=O)Nc3nn[nH]n3)c2C1. The van der Waals surface area contributed by atoms with Crippen molar-refractivity contribution in [3.8, 4) is 0 Å². The summed E-state index contributed by atoms with van der Waals surface area (Å²) in [7, 11) is 0. The van der Waals surface area contributed by atoms with Gasteiger partial charge in [0.25, 0.3) is 11.9 Å². The summed E-state index contributed by atoms with van der Waals surface area (Å²) in [5.41, 5.74) is 5.56. The number of carbonyl (C=O) groups excluding carboxylic acids is 1. The van der Waals surface area contributed by atoms with Gasteiger partial charge in [-0.3, -0.25) is 10.1 Å². The molecular formula is C23H20N6O. The minimum atomic E-state index is -0.251. The first-order valence-corrected chi connectivity index (χ1v) is 9.91. The number of H-pyrrole nitrogens is 1. The van der Waals surface area contributed by atoms with Gasteiger partial charge in [0.2, 0.25) is 0 Å². The zero-order valence-electron chi connectivity index (χ0n) is 16.5. The maximum atomic E-state index is 13.3. The number of fused-ring (bicyclic) bond motifs is 2. The number of allylic oxidation sites excluding steroid dienone is 1. The third-order valence-electron chi connectivity index (χ3n) is 5.36. The molecule has 1 aliphatic carbocycles. The van der Waals surface area contributed by atoms with Gasteiger partial charge in [0.05, 0.1) is 16.8 Å². The lowest BCUT2D eigenvalue weighted by Gasteiger charge is -2.26. The fourth-order valence-corrected chi connectivity index (χ4v) is 4.12. The Balaban J connectivity index is 1.71. The van der Waals surface area contributed by atoms with Gasteiger partial charge in [-0.25, -0.2) is 4.98 Å². The Hall–Kier alpha value is -3.87. The van der Waals surface area contributed by atoms with Crippen LogP contribution in [0.1, 0.15) is 40.5 Å². The molecule has 2 heterocycles. The van der Waals surface area contributed by atoms with Crippen LogP contribution < -0.4 is 5.32 Å². The zero-order chi connectivity index (χ0) is 20.5. The first kappa shape index (κ1) is 18.2. The van der Waals surface area contributed by atoms with E-state index in [0.29, 0.717) is 11.5 Å². The Morgan fingerprint density at radius 1 is 1.10 bits per heavy atom. The summed E-state index contributed by atoms with van der Waals surface area (Å²) in [5.74, 6) is 0.296. The van der Waals surface area contributed by atoms with E-state index in [4.69, 9.17) is 4.98 Å². The molecule has 0 fully saturated rings. The van der Waals surface area contributed by atoms with Crippen molar-refractivity contribution in [2.24, 2.45) is 5.92 Å². The number of rotatable bonds is 3. The predicted molar refractivity (Wildman–Crippen MR) is 116 cm³/mol. The van der Waals surface area contributed by atoms with Crippen molar-refractivity contribution in [3.05, 3.63) is 77.0 Å². The number of anilines is 1. The summed E-state index contributed by atoms with van der Waals surface area (Å²) in [6.45, 7) is 2.21. The Morgan fingerprint density at radius 3 is 2.70 bits per heavy atom. The summed E-state index contributed by atoms with van der Waals surface area (Å²) in [5, 5.41) is 17.2. The molecule has 0 aliphatic heterocycles. The zero-order valence-corrected chi connectivity index (χ0v) is 16.5. The number of benzene rings is 2. The molecule has 5 rings (SSSR count). The number of carbonyl (C=O) groups is 1. The Morgan fingerprint density at radius 2 is 1.90 bits per heavy atom. The third kappa shape index (κ3) is 3.34. The second-order valence-corrected chi connectivity index (χ2v) is 7.61. The maximum Gasteiger partial charge on any atom is 0.270 e. The average Bonchev–Trinajstić information content (AvgIpc) is 3.26. The van der Waals surface area contributed by atoms with E-state index in [1.54, 1.807) is 0 Å². The van der Waals surface area contributed by atoms with Crippen LogP contribution in [-0.4, -0.2) is 31.5 Å². The molecule has 4 aromatic rings. The molecule has 0 saturated heterocycles. The smallest absolute Gasteiger partial charge is 0.270 e. The van der Waals surface area contributed by atoms with Gasteiger partial charge in [0.1, 0.15) is 0 Å². The maximum absolute atomic E-state index is 13.3. The normalized spacial score (nSPS) is 17.1. The summed E-state index contributed by atoms with van der Waals surface area (Å²) in [6.07, 6.45) is 3.88. The summed E-state index contributed by atoms with van der Waals surface area (Å²) in [6, 6.07) is 18.0. The van der Waals surface area contributed by atoms with E-state index in [-0.39, 0.29) is 11.9 Å². The number of tetrazole rings is 1. The van der Waals surface area contributed by atoms with E-state index < -0.39 is 0 Å². The van der Waals surface area contributed by atoms with Gasteiger partial charge >= 0.3 is 0 Å². The highest BCUT2D eigenvalue weighted by molar-refractivity contribution is 6.14. The van der Waals surface area contributed by atoms with E-state index in [0.717, 1.165) is 46.1 Å². The highest BCUT2D eigenvalue weighted by Crippen LogP contribution is 2.38. The number of pyridine rings is 1. The van der Waals surface area contributed by atoms with Crippen LogP contribution in [0.4, 0.5) is 5.95 Å². The van der Waals surface area contributed by atoms with Crippen molar-refractivity contribution < 1.29 is 4.79 Å². The minimum absolute atomic E-state index is 0.151.